The Morgan fingerprint density at radius 3 is 2.77 bits per heavy atom. The van der Waals surface area contributed by atoms with Crippen LogP contribution >= 0.6 is 11.3 Å². The molecule has 66 valence electrons. The van der Waals surface area contributed by atoms with Crippen LogP contribution in [-0.4, -0.2) is 4.98 Å². The Balaban J connectivity index is 2.52. The standard InChI is InChI=1S/C11H11NS/c1-8-4-3-5-12-11(8)10-6-9(2)13-7-10/h3-7H,1-2H3. The number of aryl methyl sites for hydroxylation is 2. The SMILES string of the molecule is Cc1cc(-c2ncccc2C)cs1. The average molecular weight is 189 g/mol. The Kier molecular flexibility index (Phi) is 2.15. The van der Waals surface area contributed by atoms with Gasteiger partial charge in [-0.2, -0.15) is 0 Å². The maximum atomic E-state index is 4.37. The lowest BCUT2D eigenvalue weighted by atomic mass is 10.1. The molecular formula is C11H11NS. The predicted octanol–water partition coefficient (Wildman–Crippen LogP) is 3.43. The topological polar surface area (TPSA) is 12.9 Å². The van der Waals surface area contributed by atoms with Crippen molar-refractivity contribution in [1.29, 1.82) is 0 Å². The molecule has 0 atom stereocenters. The molecule has 0 radical (unpaired) electrons. The molecule has 0 saturated heterocycles. The van der Waals surface area contributed by atoms with E-state index in [1.54, 1.807) is 11.3 Å². The molecule has 0 bridgehead atoms. The van der Waals surface area contributed by atoms with Crippen LogP contribution in [-0.2, 0) is 0 Å². The van der Waals surface area contributed by atoms with Gasteiger partial charge in [0, 0.05) is 22.0 Å². The van der Waals surface area contributed by atoms with Crippen molar-refractivity contribution in [3.05, 3.63) is 40.2 Å². The average Bonchev–Trinajstić information content (AvgIpc) is 2.53. The minimum absolute atomic E-state index is 1.10. The van der Waals surface area contributed by atoms with E-state index >= 15 is 0 Å². The van der Waals surface area contributed by atoms with Gasteiger partial charge in [0.15, 0.2) is 0 Å². The van der Waals surface area contributed by atoms with E-state index in [4.69, 9.17) is 0 Å². The van der Waals surface area contributed by atoms with E-state index < -0.39 is 0 Å². The molecule has 0 aromatic carbocycles. The maximum absolute atomic E-state index is 4.37. The van der Waals surface area contributed by atoms with Gasteiger partial charge in [-0.15, -0.1) is 11.3 Å². The molecule has 0 aliphatic heterocycles. The van der Waals surface area contributed by atoms with Crippen LogP contribution in [0.5, 0.6) is 0 Å². The molecule has 2 aromatic heterocycles. The first-order valence-electron chi connectivity index (χ1n) is 4.24. The largest absolute Gasteiger partial charge is 0.256 e. The quantitative estimate of drug-likeness (QED) is 0.669. The van der Waals surface area contributed by atoms with E-state index in [-0.39, 0.29) is 0 Å². The molecule has 0 N–H and O–H groups in total. The van der Waals surface area contributed by atoms with Gasteiger partial charge in [-0.1, -0.05) is 6.07 Å². The summed E-state index contributed by atoms with van der Waals surface area (Å²) in [6.45, 7) is 4.21. The van der Waals surface area contributed by atoms with E-state index in [0.717, 1.165) is 5.69 Å². The van der Waals surface area contributed by atoms with Gasteiger partial charge in [-0.25, -0.2) is 0 Å². The molecule has 13 heavy (non-hydrogen) atoms. The molecule has 0 amide bonds. The van der Waals surface area contributed by atoms with Crippen LogP contribution in [0.2, 0.25) is 0 Å². The van der Waals surface area contributed by atoms with E-state index in [1.807, 2.05) is 12.3 Å². The Labute approximate surface area is 82.1 Å². The summed E-state index contributed by atoms with van der Waals surface area (Å²) in [5.74, 6) is 0. The summed E-state index contributed by atoms with van der Waals surface area (Å²) in [5.41, 5.74) is 3.58. The van der Waals surface area contributed by atoms with Crippen molar-refractivity contribution < 1.29 is 0 Å². The number of pyridine rings is 1. The summed E-state index contributed by atoms with van der Waals surface area (Å²) in [4.78, 5) is 5.70. The van der Waals surface area contributed by atoms with Gasteiger partial charge in [-0.05, 0) is 31.5 Å². The first-order chi connectivity index (χ1) is 6.27. The van der Waals surface area contributed by atoms with Crippen molar-refractivity contribution in [2.75, 3.05) is 0 Å². The van der Waals surface area contributed by atoms with Crippen LogP contribution in [0.4, 0.5) is 0 Å². The molecule has 0 aliphatic carbocycles. The Hall–Kier alpha value is -1.15. The molecular weight excluding hydrogens is 178 g/mol. The maximum Gasteiger partial charge on any atom is 0.0739 e. The molecule has 2 heterocycles. The molecule has 2 heteroatoms. The lowest BCUT2D eigenvalue weighted by Gasteiger charge is -1.99. The number of thiophene rings is 1. The molecule has 1 nitrogen and oxygen atoms in total. The van der Waals surface area contributed by atoms with Crippen LogP contribution < -0.4 is 0 Å². The third-order valence-corrected chi connectivity index (χ3v) is 2.87. The molecule has 0 fully saturated rings. The van der Waals surface area contributed by atoms with Gasteiger partial charge >= 0.3 is 0 Å². The van der Waals surface area contributed by atoms with Crippen LogP contribution in [0.3, 0.4) is 0 Å². The van der Waals surface area contributed by atoms with E-state index in [2.05, 4.69) is 36.3 Å². The fourth-order valence-corrected chi connectivity index (χ4v) is 2.04. The lowest BCUT2D eigenvalue weighted by molar-refractivity contribution is 1.27. The van der Waals surface area contributed by atoms with Crippen molar-refractivity contribution in [1.82, 2.24) is 4.98 Å². The van der Waals surface area contributed by atoms with E-state index in [1.165, 1.54) is 16.0 Å². The highest BCUT2D eigenvalue weighted by Crippen LogP contribution is 2.25. The van der Waals surface area contributed by atoms with Crippen molar-refractivity contribution in [3.8, 4) is 11.3 Å². The van der Waals surface area contributed by atoms with Gasteiger partial charge in [0.2, 0.25) is 0 Å². The summed E-state index contributed by atoms with van der Waals surface area (Å²) in [6, 6.07) is 6.24. The minimum atomic E-state index is 1.10. The fraction of sp³-hybridized carbons (Fsp3) is 0.182. The van der Waals surface area contributed by atoms with Crippen LogP contribution in [0.15, 0.2) is 29.8 Å². The van der Waals surface area contributed by atoms with E-state index in [9.17, 15) is 0 Å². The molecule has 0 aliphatic rings. The predicted molar refractivity (Wildman–Crippen MR) is 57.0 cm³/mol. The number of rotatable bonds is 1. The molecule has 0 spiro atoms. The Morgan fingerprint density at radius 2 is 2.15 bits per heavy atom. The monoisotopic (exact) mass is 189 g/mol. The third-order valence-electron chi connectivity index (χ3n) is 2.01. The summed E-state index contributed by atoms with van der Waals surface area (Å²) >= 11 is 1.77. The zero-order valence-corrected chi connectivity index (χ0v) is 8.56. The first kappa shape index (κ1) is 8.45. The number of hydrogen-bond acceptors (Lipinski definition) is 2. The normalized spacial score (nSPS) is 10.3. The van der Waals surface area contributed by atoms with Gasteiger partial charge < -0.3 is 0 Å². The van der Waals surface area contributed by atoms with Crippen molar-refractivity contribution in [2.45, 2.75) is 13.8 Å². The second-order valence-electron chi connectivity index (χ2n) is 3.11. The van der Waals surface area contributed by atoms with E-state index in [0.29, 0.717) is 0 Å². The van der Waals surface area contributed by atoms with Crippen LogP contribution in [0.1, 0.15) is 10.4 Å². The van der Waals surface area contributed by atoms with Gasteiger partial charge in [0.25, 0.3) is 0 Å². The van der Waals surface area contributed by atoms with Crippen LogP contribution in [0, 0.1) is 13.8 Å². The summed E-state index contributed by atoms with van der Waals surface area (Å²) in [5, 5.41) is 2.16. The molecule has 2 rings (SSSR count). The summed E-state index contributed by atoms with van der Waals surface area (Å²) < 4.78 is 0. The van der Waals surface area contributed by atoms with Crippen molar-refractivity contribution >= 4 is 11.3 Å². The molecule has 0 saturated carbocycles. The van der Waals surface area contributed by atoms with Gasteiger partial charge in [0.05, 0.1) is 5.69 Å². The molecule has 0 unspecified atom stereocenters. The van der Waals surface area contributed by atoms with Gasteiger partial charge in [0.1, 0.15) is 0 Å². The number of hydrogen-bond donors (Lipinski definition) is 0. The summed E-state index contributed by atoms with van der Waals surface area (Å²) in [7, 11) is 0. The second kappa shape index (κ2) is 3.30. The zero-order valence-electron chi connectivity index (χ0n) is 7.74. The highest BCUT2D eigenvalue weighted by molar-refractivity contribution is 7.10. The lowest BCUT2D eigenvalue weighted by Crippen LogP contribution is -1.84. The number of aromatic nitrogens is 1. The summed E-state index contributed by atoms with van der Waals surface area (Å²) in [6.07, 6.45) is 1.84. The van der Waals surface area contributed by atoms with Gasteiger partial charge in [-0.3, -0.25) is 4.98 Å². The zero-order chi connectivity index (χ0) is 9.26. The van der Waals surface area contributed by atoms with Crippen molar-refractivity contribution in [3.63, 3.8) is 0 Å². The highest BCUT2D eigenvalue weighted by atomic mass is 32.1. The third kappa shape index (κ3) is 1.63. The fourth-order valence-electron chi connectivity index (χ4n) is 1.36. The van der Waals surface area contributed by atoms with Crippen molar-refractivity contribution in [2.24, 2.45) is 0 Å². The highest BCUT2D eigenvalue weighted by Gasteiger charge is 2.03. The first-order valence-corrected chi connectivity index (χ1v) is 5.12. The minimum Gasteiger partial charge on any atom is -0.256 e. The smallest absolute Gasteiger partial charge is 0.0739 e. The Bertz CT molecular complexity index is 418. The number of nitrogens with zero attached hydrogens (tertiary/aromatic N) is 1. The molecule has 2 aromatic rings. The van der Waals surface area contributed by atoms with Crippen LogP contribution in [0.25, 0.3) is 11.3 Å². The second-order valence-corrected chi connectivity index (χ2v) is 4.23. The Morgan fingerprint density at radius 1 is 1.31 bits per heavy atom.